The quantitative estimate of drug-likeness (QED) is 0.296. The number of thiazole rings is 1. The summed E-state index contributed by atoms with van der Waals surface area (Å²) in [6, 6.07) is 8.19. The minimum Gasteiger partial charge on any atom is -0.454 e. The maximum Gasteiger partial charge on any atom is 0.231 e. The number of nitrogens with zero attached hydrogens (tertiary/aromatic N) is 4. The van der Waals surface area contributed by atoms with Gasteiger partial charge < -0.3 is 14.0 Å². The largest absolute Gasteiger partial charge is 0.454 e. The van der Waals surface area contributed by atoms with Crippen molar-refractivity contribution in [3.05, 3.63) is 45.6 Å². The van der Waals surface area contributed by atoms with Gasteiger partial charge in [-0.15, -0.1) is 32.9 Å². The monoisotopic (exact) mass is 470 g/mol. The summed E-state index contributed by atoms with van der Waals surface area (Å²) in [6.45, 7) is 7.67. The van der Waals surface area contributed by atoms with Gasteiger partial charge in [0.15, 0.2) is 22.5 Å². The average molecular weight is 471 g/mol. The van der Waals surface area contributed by atoms with Crippen LogP contribution in [0.2, 0.25) is 0 Å². The third kappa shape index (κ3) is 4.09. The van der Waals surface area contributed by atoms with Crippen LogP contribution in [0.1, 0.15) is 37.3 Å². The molecule has 9 heteroatoms. The van der Waals surface area contributed by atoms with E-state index in [9.17, 15) is 0 Å². The molecule has 0 unspecified atom stereocenters. The molecule has 1 aliphatic rings. The van der Waals surface area contributed by atoms with Crippen LogP contribution in [0.15, 0.2) is 40.2 Å². The highest BCUT2D eigenvalue weighted by Gasteiger charge is 2.17. The van der Waals surface area contributed by atoms with E-state index < -0.39 is 0 Å². The fourth-order valence-corrected chi connectivity index (χ4v) is 6.06. The second-order valence-electron chi connectivity index (χ2n) is 7.44. The molecule has 1 aromatic carbocycles. The fraction of sp³-hybridized carbons (Fsp3) is 0.318. The summed E-state index contributed by atoms with van der Waals surface area (Å²) in [5.74, 6) is 3.78. The van der Waals surface area contributed by atoms with Gasteiger partial charge in [0, 0.05) is 39.1 Å². The fourth-order valence-electron chi connectivity index (χ4n) is 3.34. The van der Waals surface area contributed by atoms with Gasteiger partial charge >= 0.3 is 0 Å². The number of thiophene rings is 1. The molecule has 0 aliphatic carbocycles. The molecule has 6 nitrogen and oxygen atoms in total. The predicted octanol–water partition coefficient (Wildman–Crippen LogP) is 6.29. The molecule has 3 aromatic heterocycles. The molecule has 0 fully saturated rings. The zero-order valence-electron chi connectivity index (χ0n) is 17.5. The van der Waals surface area contributed by atoms with Crippen LogP contribution in [-0.4, -0.2) is 26.5 Å². The van der Waals surface area contributed by atoms with E-state index in [1.165, 1.54) is 4.88 Å². The number of hydrogen-bond acceptors (Lipinski definition) is 8. The molecular formula is C22H22N4O2S3. The summed E-state index contributed by atoms with van der Waals surface area (Å²) in [7, 11) is 0. The smallest absolute Gasteiger partial charge is 0.231 e. The Morgan fingerprint density at radius 1 is 1.06 bits per heavy atom. The molecular weight excluding hydrogens is 448 g/mol. The normalized spacial score (nSPS) is 12.8. The minimum atomic E-state index is 0.281. The molecule has 0 saturated carbocycles. The lowest BCUT2D eigenvalue weighted by Crippen LogP contribution is -1.99. The number of rotatable bonds is 7. The number of hydrogen-bond donors (Lipinski definition) is 0. The Bertz CT molecular complexity index is 1210. The summed E-state index contributed by atoms with van der Waals surface area (Å²) in [5, 5.41) is 15.1. The second-order valence-corrected chi connectivity index (χ2v) is 10.2. The Morgan fingerprint density at radius 2 is 1.94 bits per heavy atom. The number of thioether (sulfide) groups is 1. The molecule has 5 rings (SSSR count). The first-order valence-electron chi connectivity index (χ1n) is 10.1. The number of aromatic nitrogens is 4. The van der Waals surface area contributed by atoms with Gasteiger partial charge in [0.05, 0.1) is 5.69 Å². The van der Waals surface area contributed by atoms with Gasteiger partial charge in [0.2, 0.25) is 6.79 Å². The van der Waals surface area contributed by atoms with Crippen molar-refractivity contribution < 1.29 is 9.47 Å². The zero-order valence-corrected chi connectivity index (χ0v) is 19.9. The summed E-state index contributed by atoms with van der Waals surface area (Å²) in [4.78, 5) is 6.18. The molecule has 4 heterocycles. The molecule has 0 atom stereocenters. The van der Waals surface area contributed by atoms with E-state index in [2.05, 4.69) is 52.4 Å². The van der Waals surface area contributed by atoms with E-state index in [1.54, 1.807) is 34.4 Å². The SMILES string of the molecule is CCn1c(SCc2csc(-c3ccc4c(c3)OCO4)n2)nnc1-c1csc(C(C)C)c1. The average Bonchev–Trinajstić information content (AvgIpc) is 3.57. The van der Waals surface area contributed by atoms with Crippen molar-refractivity contribution in [1.29, 1.82) is 0 Å². The molecule has 160 valence electrons. The van der Waals surface area contributed by atoms with Crippen LogP contribution in [0.3, 0.4) is 0 Å². The lowest BCUT2D eigenvalue weighted by atomic mass is 10.1. The molecule has 0 spiro atoms. The standard InChI is InChI=1S/C22H22N4O2S3/c1-4-26-20(15-8-19(13(2)3)29-9-15)24-25-22(26)31-11-16-10-30-21(23-16)14-5-6-17-18(7-14)28-12-27-17/h5-10,13H,4,11-12H2,1-3H3. The van der Waals surface area contributed by atoms with Crippen molar-refractivity contribution >= 4 is 34.4 Å². The summed E-state index contributed by atoms with van der Waals surface area (Å²) >= 11 is 5.10. The van der Waals surface area contributed by atoms with Gasteiger partial charge in [-0.2, -0.15) is 0 Å². The van der Waals surface area contributed by atoms with Crippen molar-refractivity contribution in [2.75, 3.05) is 6.79 Å². The van der Waals surface area contributed by atoms with E-state index in [4.69, 9.17) is 14.5 Å². The predicted molar refractivity (Wildman–Crippen MR) is 126 cm³/mol. The van der Waals surface area contributed by atoms with Gasteiger partial charge in [-0.1, -0.05) is 25.6 Å². The second kappa shape index (κ2) is 8.64. The number of ether oxygens (including phenoxy) is 2. The first-order valence-corrected chi connectivity index (χ1v) is 12.9. The lowest BCUT2D eigenvalue weighted by molar-refractivity contribution is 0.174. The van der Waals surface area contributed by atoms with Crippen molar-refractivity contribution in [3.8, 4) is 33.5 Å². The van der Waals surface area contributed by atoms with E-state index in [1.807, 2.05) is 18.2 Å². The van der Waals surface area contributed by atoms with E-state index >= 15 is 0 Å². The number of benzene rings is 1. The van der Waals surface area contributed by atoms with E-state index in [-0.39, 0.29) is 6.79 Å². The summed E-state index contributed by atoms with van der Waals surface area (Å²) in [6.07, 6.45) is 0. The maximum atomic E-state index is 5.48. The first-order chi connectivity index (χ1) is 15.1. The van der Waals surface area contributed by atoms with Gasteiger partial charge in [-0.3, -0.25) is 0 Å². The molecule has 0 saturated heterocycles. The van der Waals surface area contributed by atoms with Crippen LogP contribution in [0.4, 0.5) is 0 Å². The van der Waals surface area contributed by atoms with Gasteiger partial charge in [-0.25, -0.2) is 4.98 Å². The van der Waals surface area contributed by atoms with Crippen LogP contribution >= 0.6 is 34.4 Å². The van der Waals surface area contributed by atoms with Crippen molar-refractivity contribution in [3.63, 3.8) is 0 Å². The molecule has 0 N–H and O–H groups in total. The van der Waals surface area contributed by atoms with Crippen molar-refractivity contribution in [2.45, 2.75) is 44.1 Å². The summed E-state index contributed by atoms with van der Waals surface area (Å²) < 4.78 is 13.1. The van der Waals surface area contributed by atoms with E-state index in [0.29, 0.717) is 5.92 Å². The zero-order chi connectivity index (χ0) is 21.4. The van der Waals surface area contributed by atoms with Crippen LogP contribution in [0, 0.1) is 0 Å². The highest BCUT2D eigenvalue weighted by molar-refractivity contribution is 7.98. The van der Waals surface area contributed by atoms with Crippen molar-refractivity contribution in [1.82, 2.24) is 19.7 Å². The van der Waals surface area contributed by atoms with Crippen LogP contribution < -0.4 is 9.47 Å². The Hall–Kier alpha value is -2.36. The molecule has 0 radical (unpaired) electrons. The van der Waals surface area contributed by atoms with E-state index in [0.717, 1.165) is 56.6 Å². The molecule has 1 aliphatic heterocycles. The number of fused-ring (bicyclic) bond motifs is 1. The molecule has 31 heavy (non-hydrogen) atoms. The highest BCUT2D eigenvalue weighted by atomic mass is 32.2. The third-order valence-electron chi connectivity index (χ3n) is 5.00. The van der Waals surface area contributed by atoms with Gasteiger partial charge in [0.25, 0.3) is 0 Å². The highest BCUT2D eigenvalue weighted by Crippen LogP contribution is 2.37. The van der Waals surface area contributed by atoms with Crippen LogP contribution in [0.25, 0.3) is 22.0 Å². The molecule has 0 bridgehead atoms. The van der Waals surface area contributed by atoms with Crippen LogP contribution in [-0.2, 0) is 12.3 Å². The Kier molecular flexibility index (Phi) is 5.73. The van der Waals surface area contributed by atoms with Crippen molar-refractivity contribution in [2.24, 2.45) is 0 Å². The topological polar surface area (TPSA) is 62.1 Å². The van der Waals surface area contributed by atoms with Gasteiger partial charge in [-0.05, 0) is 37.1 Å². The summed E-state index contributed by atoms with van der Waals surface area (Å²) in [5.41, 5.74) is 3.23. The Morgan fingerprint density at radius 3 is 2.74 bits per heavy atom. The molecule has 0 amide bonds. The van der Waals surface area contributed by atoms with Crippen LogP contribution in [0.5, 0.6) is 11.5 Å². The Labute approximate surface area is 193 Å². The Balaban J connectivity index is 1.31. The minimum absolute atomic E-state index is 0.281. The maximum absolute atomic E-state index is 5.48. The third-order valence-corrected chi connectivity index (χ3v) is 8.17. The molecule has 4 aromatic rings. The first kappa shape index (κ1) is 20.5. The van der Waals surface area contributed by atoms with Gasteiger partial charge in [0.1, 0.15) is 5.01 Å². The lowest BCUT2D eigenvalue weighted by Gasteiger charge is -2.05.